The lowest BCUT2D eigenvalue weighted by atomic mass is 9.85. The molecule has 6 nitrogen and oxygen atoms in total. The summed E-state index contributed by atoms with van der Waals surface area (Å²) < 4.78 is 5.42. The molecule has 0 bridgehead atoms. The number of unbranched alkanes of at least 4 members (excludes halogenated alkanes) is 1. The molecule has 21 heavy (non-hydrogen) atoms. The molecule has 2 amide bonds. The fourth-order valence-electron chi connectivity index (χ4n) is 2.61. The van der Waals surface area contributed by atoms with E-state index in [9.17, 15) is 14.7 Å². The van der Waals surface area contributed by atoms with Crippen LogP contribution in [0.3, 0.4) is 0 Å². The van der Waals surface area contributed by atoms with Gasteiger partial charge in [0.2, 0.25) is 0 Å². The van der Waals surface area contributed by atoms with Gasteiger partial charge in [-0.1, -0.05) is 6.42 Å². The van der Waals surface area contributed by atoms with Crippen molar-refractivity contribution in [2.45, 2.75) is 65.0 Å². The first kappa shape index (κ1) is 17.8. The fourth-order valence-corrected chi connectivity index (χ4v) is 2.61. The maximum atomic E-state index is 11.8. The van der Waals surface area contributed by atoms with Crippen LogP contribution in [-0.4, -0.2) is 42.4 Å². The normalized spacial score (nSPS) is 25.0. The predicted octanol–water partition coefficient (Wildman–Crippen LogP) is 2.13. The van der Waals surface area contributed by atoms with E-state index in [1.807, 2.05) is 13.8 Å². The highest BCUT2D eigenvalue weighted by Gasteiger charge is 2.45. The van der Waals surface area contributed by atoms with Crippen molar-refractivity contribution in [3.05, 3.63) is 0 Å². The summed E-state index contributed by atoms with van der Waals surface area (Å²) in [7, 11) is 0. The molecule has 6 heteroatoms. The highest BCUT2D eigenvalue weighted by atomic mass is 16.5. The van der Waals surface area contributed by atoms with Gasteiger partial charge in [-0.15, -0.1) is 0 Å². The number of hydrogen-bond donors (Lipinski definition) is 3. The molecule has 1 rings (SSSR count). The molecule has 1 aliphatic carbocycles. The number of carboxylic acid groups (broad SMARTS) is 1. The van der Waals surface area contributed by atoms with Crippen LogP contribution in [0.1, 0.15) is 52.9 Å². The Bertz CT molecular complexity index is 360. The van der Waals surface area contributed by atoms with Crippen molar-refractivity contribution in [1.82, 2.24) is 10.6 Å². The first-order chi connectivity index (χ1) is 9.86. The van der Waals surface area contributed by atoms with Gasteiger partial charge in [0.05, 0.1) is 11.5 Å². The molecule has 1 aliphatic rings. The molecule has 2 atom stereocenters. The largest absolute Gasteiger partial charge is 0.481 e. The average Bonchev–Trinajstić information content (AvgIpc) is 2.76. The number of urea groups is 1. The van der Waals surface area contributed by atoms with Crippen molar-refractivity contribution in [3.63, 3.8) is 0 Å². The van der Waals surface area contributed by atoms with Gasteiger partial charge in [-0.3, -0.25) is 4.79 Å². The first-order valence-electron chi connectivity index (χ1n) is 7.75. The standard InChI is InChI=1S/C15H28N2O4/c1-11(2)21-10-5-4-9-16-14(20)17-12-7-6-8-15(12,3)13(18)19/h11-12H,4-10H2,1-3H3,(H,18,19)(H2,16,17,20). The number of carboxylic acids is 1. The Kier molecular flexibility index (Phi) is 6.95. The van der Waals surface area contributed by atoms with E-state index in [2.05, 4.69) is 10.6 Å². The average molecular weight is 300 g/mol. The van der Waals surface area contributed by atoms with E-state index in [1.54, 1.807) is 6.92 Å². The Hall–Kier alpha value is -1.30. The molecule has 0 spiro atoms. The van der Waals surface area contributed by atoms with E-state index < -0.39 is 11.4 Å². The lowest BCUT2D eigenvalue weighted by molar-refractivity contribution is -0.148. The molecule has 0 aliphatic heterocycles. The second-order valence-corrected chi connectivity index (χ2v) is 6.19. The third-order valence-corrected chi connectivity index (χ3v) is 4.06. The molecule has 0 saturated heterocycles. The number of carbonyl (C=O) groups excluding carboxylic acids is 1. The van der Waals surface area contributed by atoms with Gasteiger partial charge in [0.15, 0.2) is 0 Å². The zero-order chi connectivity index (χ0) is 15.9. The van der Waals surface area contributed by atoms with Crippen LogP contribution in [-0.2, 0) is 9.53 Å². The molecule has 0 aromatic heterocycles. The fraction of sp³-hybridized carbons (Fsp3) is 0.867. The zero-order valence-corrected chi connectivity index (χ0v) is 13.3. The van der Waals surface area contributed by atoms with Crippen molar-refractivity contribution in [2.24, 2.45) is 5.41 Å². The number of aliphatic carboxylic acids is 1. The third-order valence-electron chi connectivity index (χ3n) is 4.06. The van der Waals surface area contributed by atoms with Crippen LogP contribution in [0.25, 0.3) is 0 Å². The summed E-state index contributed by atoms with van der Waals surface area (Å²) in [5, 5.41) is 14.9. The molecule has 1 fully saturated rings. The molecular formula is C15H28N2O4. The van der Waals surface area contributed by atoms with Crippen molar-refractivity contribution in [2.75, 3.05) is 13.2 Å². The van der Waals surface area contributed by atoms with Gasteiger partial charge in [-0.05, 0) is 46.5 Å². The Morgan fingerprint density at radius 1 is 1.38 bits per heavy atom. The van der Waals surface area contributed by atoms with E-state index in [0.717, 1.165) is 25.7 Å². The first-order valence-corrected chi connectivity index (χ1v) is 7.75. The summed E-state index contributed by atoms with van der Waals surface area (Å²) in [6.45, 7) is 6.96. The minimum atomic E-state index is -0.845. The second kappa shape index (κ2) is 8.22. The number of carbonyl (C=O) groups is 2. The second-order valence-electron chi connectivity index (χ2n) is 6.19. The maximum Gasteiger partial charge on any atom is 0.315 e. The number of hydrogen-bond acceptors (Lipinski definition) is 3. The summed E-state index contributed by atoms with van der Waals surface area (Å²) in [5.74, 6) is -0.837. The summed E-state index contributed by atoms with van der Waals surface area (Å²) in [4.78, 5) is 23.1. The number of rotatable bonds is 8. The third kappa shape index (κ3) is 5.53. The van der Waals surface area contributed by atoms with Crippen LogP contribution >= 0.6 is 0 Å². The number of amides is 2. The molecule has 0 radical (unpaired) electrons. The Labute approximate surface area is 126 Å². The van der Waals surface area contributed by atoms with Gasteiger partial charge < -0.3 is 20.5 Å². The van der Waals surface area contributed by atoms with Gasteiger partial charge in [0, 0.05) is 19.2 Å². The van der Waals surface area contributed by atoms with Gasteiger partial charge in [0.1, 0.15) is 0 Å². The van der Waals surface area contributed by atoms with Gasteiger partial charge in [-0.2, -0.15) is 0 Å². The minimum Gasteiger partial charge on any atom is -0.481 e. The topological polar surface area (TPSA) is 87.7 Å². The summed E-state index contributed by atoms with van der Waals surface area (Å²) in [5.41, 5.74) is -0.845. The van der Waals surface area contributed by atoms with Crippen LogP contribution in [0.15, 0.2) is 0 Å². The quantitative estimate of drug-likeness (QED) is 0.599. The van der Waals surface area contributed by atoms with Gasteiger partial charge in [0.25, 0.3) is 0 Å². The van der Waals surface area contributed by atoms with Crippen molar-refractivity contribution in [1.29, 1.82) is 0 Å². The monoisotopic (exact) mass is 300 g/mol. The van der Waals surface area contributed by atoms with Crippen molar-refractivity contribution < 1.29 is 19.4 Å². The number of nitrogens with one attached hydrogen (secondary N) is 2. The molecule has 1 saturated carbocycles. The SMILES string of the molecule is CC(C)OCCCCNC(=O)NC1CCCC1(C)C(=O)O. The smallest absolute Gasteiger partial charge is 0.315 e. The molecule has 0 aromatic carbocycles. The van der Waals surface area contributed by atoms with Crippen molar-refractivity contribution in [3.8, 4) is 0 Å². The molecule has 2 unspecified atom stereocenters. The lowest BCUT2D eigenvalue weighted by Crippen LogP contribution is -2.50. The summed E-state index contributed by atoms with van der Waals surface area (Å²) in [6.07, 6.45) is 4.14. The van der Waals surface area contributed by atoms with Crippen LogP contribution < -0.4 is 10.6 Å². The highest BCUT2D eigenvalue weighted by Crippen LogP contribution is 2.38. The van der Waals surface area contributed by atoms with E-state index in [0.29, 0.717) is 19.6 Å². The van der Waals surface area contributed by atoms with E-state index in [1.165, 1.54) is 0 Å². The zero-order valence-electron chi connectivity index (χ0n) is 13.3. The molecular weight excluding hydrogens is 272 g/mol. The maximum absolute atomic E-state index is 11.8. The van der Waals surface area contributed by atoms with Gasteiger partial charge in [-0.25, -0.2) is 4.79 Å². The van der Waals surface area contributed by atoms with E-state index in [-0.39, 0.29) is 18.2 Å². The summed E-state index contributed by atoms with van der Waals surface area (Å²) in [6, 6.07) is -0.571. The molecule has 0 heterocycles. The predicted molar refractivity (Wildman–Crippen MR) is 80.2 cm³/mol. The van der Waals surface area contributed by atoms with Crippen LogP contribution in [0.2, 0.25) is 0 Å². The minimum absolute atomic E-state index is 0.234. The summed E-state index contributed by atoms with van der Waals surface area (Å²) >= 11 is 0. The Morgan fingerprint density at radius 3 is 2.71 bits per heavy atom. The lowest BCUT2D eigenvalue weighted by Gasteiger charge is -2.27. The van der Waals surface area contributed by atoms with Gasteiger partial charge >= 0.3 is 12.0 Å². The van der Waals surface area contributed by atoms with Crippen LogP contribution in [0.4, 0.5) is 4.79 Å². The number of ether oxygens (including phenoxy) is 1. The van der Waals surface area contributed by atoms with E-state index >= 15 is 0 Å². The molecule has 0 aromatic rings. The van der Waals surface area contributed by atoms with Crippen molar-refractivity contribution >= 4 is 12.0 Å². The Balaban J connectivity index is 2.20. The van der Waals surface area contributed by atoms with Crippen LogP contribution in [0.5, 0.6) is 0 Å². The molecule has 122 valence electrons. The highest BCUT2D eigenvalue weighted by molar-refractivity contribution is 5.79. The van der Waals surface area contributed by atoms with Crippen LogP contribution in [0, 0.1) is 5.41 Å². The van der Waals surface area contributed by atoms with E-state index in [4.69, 9.17) is 4.74 Å². The Morgan fingerprint density at radius 2 is 2.10 bits per heavy atom. The molecule has 3 N–H and O–H groups in total.